The highest BCUT2D eigenvalue weighted by atomic mass is 19.4. The minimum atomic E-state index is -5.36. The molecule has 0 aromatic heterocycles. The maximum atomic E-state index is 14.8. The van der Waals surface area contributed by atoms with E-state index in [9.17, 15) is 35.1 Å². The van der Waals surface area contributed by atoms with E-state index in [1.165, 1.54) is 51.0 Å². The minimum Gasteiger partial charge on any atom is -0.429 e. The van der Waals surface area contributed by atoms with Crippen molar-refractivity contribution in [3.63, 3.8) is 0 Å². The smallest absolute Gasteiger partial charge is 0.429 e. The van der Waals surface area contributed by atoms with Gasteiger partial charge in [-0.3, -0.25) is 0 Å². The zero-order valence-corrected chi connectivity index (χ0v) is 21.9. The quantitative estimate of drug-likeness (QED) is 0.291. The normalized spacial score (nSPS) is 24.5. The van der Waals surface area contributed by atoms with Crippen LogP contribution in [-0.4, -0.2) is 0 Å². The SMILES string of the molecule is CCCCC1CCC(C2CCC(c3ccc(C(F)(F)Oc4cc(F)c(C(F)(F)F)c(F)c4)c(F)c3)CC2)CC1. The zero-order chi connectivity index (χ0) is 28.4. The monoisotopic (exact) mass is 562 g/mol. The van der Waals surface area contributed by atoms with E-state index in [2.05, 4.69) is 11.7 Å². The Morgan fingerprint density at radius 3 is 1.82 bits per heavy atom. The molecule has 2 aliphatic rings. The van der Waals surface area contributed by atoms with Crippen LogP contribution < -0.4 is 4.74 Å². The van der Waals surface area contributed by atoms with Gasteiger partial charge in [-0.1, -0.05) is 45.1 Å². The van der Waals surface area contributed by atoms with Gasteiger partial charge in [-0.05, 0) is 79.9 Å². The second kappa shape index (κ2) is 12.0. The Kier molecular flexibility index (Phi) is 9.16. The van der Waals surface area contributed by atoms with Gasteiger partial charge in [0.05, 0.1) is 5.56 Å². The summed E-state index contributed by atoms with van der Waals surface area (Å²) in [7, 11) is 0. The van der Waals surface area contributed by atoms with E-state index in [1.54, 1.807) is 0 Å². The van der Waals surface area contributed by atoms with Crippen LogP contribution in [0.1, 0.15) is 100 Å². The molecule has 0 atom stereocenters. The Morgan fingerprint density at radius 2 is 1.31 bits per heavy atom. The van der Waals surface area contributed by atoms with Crippen molar-refractivity contribution in [3.05, 3.63) is 64.5 Å². The molecule has 2 aliphatic carbocycles. The van der Waals surface area contributed by atoms with Gasteiger partial charge in [0.25, 0.3) is 0 Å². The molecule has 2 aromatic carbocycles. The predicted octanol–water partition coefficient (Wildman–Crippen LogP) is 10.5. The topological polar surface area (TPSA) is 9.23 Å². The van der Waals surface area contributed by atoms with Crippen LogP contribution in [0.15, 0.2) is 30.3 Å². The molecule has 39 heavy (non-hydrogen) atoms. The molecule has 0 saturated heterocycles. The lowest BCUT2D eigenvalue weighted by Crippen LogP contribution is -2.26. The molecule has 2 fully saturated rings. The molecule has 2 saturated carbocycles. The van der Waals surface area contributed by atoms with Crippen molar-refractivity contribution < 1.29 is 39.9 Å². The first-order chi connectivity index (χ1) is 18.4. The van der Waals surface area contributed by atoms with Crippen molar-refractivity contribution in [1.82, 2.24) is 0 Å². The number of benzene rings is 2. The summed E-state index contributed by atoms with van der Waals surface area (Å²) in [6.45, 7) is 2.22. The molecule has 0 spiro atoms. The summed E-state index contributed by atoms with van der Waals surface area (Å²) in [6.07, 6.45) is 2.94. The van der Waals surface area contributed by atoms with Crippen LogP contribution in [0.2, 0.25) is 0 Å². The van der Waals surface area contributed by atoms with Crippen molar-refractivity contribution in [3.8, 4) is 5.75 Å². The van der Waals surface area contributed by atoms with E-state index >= 15 is 0 Å². The summed E-state index contributed by atoms with van der Waals surface area (Å²) in [6, 6.07) is 3.30. The van der Waals surface area contributed by atoms with Gasteiger partial charge in [-0.25, -0.2) is 13.2 Å². The average Bonchev–Trinajstić information content (AvgIpc) is 2.86. The van der Waals surface area contributed by atoms with Crippen molar-refractivity contribution >= 4 is 0 Å². The highest BCUT2D eigenvalue weighted by Crippen LogP contribution is 2.45. The number of unbranched alkanes of at least 4 members (excludes halogenated alkanes) is 1. The highest BCUT2D eigenvalue weighted by molar-refractivity contribution is 5.34. The molecule has 0 heterocycles. The molecule has 0 N–H and O–H groups in total. The Bertz CT molecular complexity index is 1090. The molecule has 9 heteroatoms. The van der Waals surface area contributed by atoms with Crippen LogP contribution in [0, 0.1) is 35.2 Å². The Hall–Kier alpha value is -2.32. The third kappa shape index (κ3) is 7.07. The number of hydrogen-bond acceptors (Lipinski definition) is 1. The van der Waals surface area contributed by atoms with Crippen molar-refractivity contribution in [1.29, 1.82) is 0 Å². The third-order valence-corrected chi connectivity index (χ3v) is 8.62. The minimum absolute atomic E-state index is 0.00218. The second-order valence-electron chi connectivity index (χ2n) is 11.2. The molecule has 0 radical (unpaired) electrons. The summed E-state index contributed by atoms with van der Waals surface area (Å²) in [5, 5.41) is 0. The lowest BCUT2D eigenvalue weighted by Gasteiger charge is -2.38. The van der Waals surface area contributed by atoms with Crippen molar-refractivity contribution in [2.45, 2.75) is 95.8 Å². The Labute approximate surface area is 223 Å². The van der Waals surface area contributed by atoms with Gasteiger partial charge in [0, 0.05) is 12.1 Å². The van der Waals surface area contributed by atoms with Gasteiger partial charge < -0.3 is 4.74 Å². The lowest BCUT2D eigenvalue weighted by atomic mass is 9.68. The van der Waals surface area contributed by atoms with Gasteiger partial charge in [-0.2, -0.15) is 22.0 Å². The van der Waals surface area contributed by atoms with E-state index in [1.807, 2.05) is 0 Å². The zero-order valence-electron chi connectivity index (χ0n) is 21.9. The van der Waals surface area contributed by atoms with Crippen molar-refractivity contribution in [2.24, 2.45) is 17.8 Å². The van der Waals surface area contributed by atoms with Gasteiger partial charge in [0.15, 0.2) is 0 Å². The number of halogens is 8. The molecular formula is C30H34F8O. The van der Waals surface area contributed by atoms with Crippen LogP contribution in [0.5, 0.6) is 5.75 Å². The molecule has 0 unspecified atom stereocenters. The van der Waals surface area contributed by atoms with Crippen LogP contribution in [0.25, 0.3) is 0 Å². The maximum Gasteiger partial charge on any atom is 0.429 e. The summed E-state index contributed by atoms with van der Waals surface area (Å²) < 4.78 is 114. The summed E-state index contributed by atoms with van der Waals surface area (Å²) in [5.41, 5.74) is -2.79. The maximum absolute atomic E-state index is 14.8. The highest BCUT2D eigenvalue weighted by Gasteiger charge is 2.41. The molecule has 1 nitrogen and oxygen atoms in total. The van der Waals surface area contributed by atoms with Gasteiger partial charge in [0.1, 0.15) is 28.8 Å². The van der Waals surface area contributed by atoms with E-state index in [0.29, 0.717) is 11.5 Å². The van der Waals surface area contributed by atoms with E-state index in [4.69, 9.17) is 0 Å². The molecule has 4 rings (SSSR count). The van der Waals surface area contributed by atoms with Gasteiger partial charge in [-0.15, -0.1) is 0 Å². The van der Waals surface area contributed by atoms with Crippen LogP contribution in [0.3, 0.4) is 0 Å². The molecule has 0 aliphatic heterocycles. The van der Waals surface area contributed by atoms with Crippen LogP contribution >= 0.6 is 0 Å². The molecule has 2 aromatic rings. The third-order valence-electron chi connectivity index (χ3n) is 8.62. The molecule has 0 amide bonds. The number of ether oxygens (including phenoxy) is 1. The van der Waals surface area contributed by atoms with E-state index in [-0.39, 0.29) is 18.1 Å². The van der Waals surface area contributed by atoms with Crippen molar-refractivity contribution in [2.75, 3.05) is 0 Å². The van der Waals surface area contributed by atoms with E-state index in [0.717, 1.165) is 49.7 Å². The first-order valence-electron chi connectivity index (χ1n) is 13.8. The lowest BCUT2D eigenvalue weighted by molar-refractivity contribution is -0.187. The summed E-state index contributed by atoms with van der Waals surface area (Å²) in [4.78, 5) is 0. The Balaban J connectivity index is 1.37. The average molecular weight is 563 g/mol. The molecule has 0 bridgehead atoms. The largest absolute Gasteiger partial charge is 0.429 e. The molecule has 216 valence electrons. The molecular weight excluding hydrogens is 528 g/mol. The fourth-order valence-corrected chi connectivity index (χ4v) is 6.47. The summed E-state index contributed by atoms with van der Waals surface area (Å²) in [5.74, 6) is -4.41. The number of alkyl halides is 5. The first-order valence-corrected chi connectivity index (χ1v) is 13.8. The standard InChI is InChI=1S/C30H34F8O/c1-2-3-4-18-5-7-19(8-6-18)20-9-11-21(12-10-20)22-13-14-24(25(31)15-22)30(37,38)39-23-16-26(32)28(27(33)17-23)29(34,35)36/h13-21H,2-12H2,1H3. The van der Waals surface area contributed by atoms with Gasteiger partial charge >= 0.3 is 12.3 Å². The fourth-order valence-electron chi connectivity index (χ4n) is 6.47. The fraction of sp³-hybridized carbons (Fsp3) is 0.600. The summed E-state index contributed by atoms with van der Waals surface area (Å²) >= 11 is 0. The number of hydrogen-bond donors (Lipinski definition) is 0. The van der Waals surface area contributed by atoms with Crippen LogP contribution in [0.4, 0.5) is 35.1 Å². The number of rotatable bonds is 8. The second-order valence-corrected chi connectivity index (χ2v) is 11.2. The predicted molar refractivity (Wildman–Crippen MR) is 132 cm³/mol. The van der Waals surface area contributed by atoms with E-state index < -0.39 is 46.6 Å². The first kappa shape index (κ1) is 29.7. The Morgan fingerprint density at radius 1 is 0.744 bits per heavy atom. The van der Waals surface area contributed by atoms with Gasteiger partial charge in [0.2, 0.25) is 0 Å². The van der Waals surface area contributed by atoms with Crippen LogP contribution in [-0.2, 0) is 12.3 Å².